The van der Waals surface area contributed by atoms with Crippen LogP contribution in [0.4, 0.5) is 10.2 Å². The number of benzene rings is 1. The summed E-state index contributed by atoms with van der Waals surface area (Å²) in [4.78, 5) is 18.7. The number of aromatic nitrogens is 1. The van der Waals surface area contributed by atoms with Gasteiger partial charge in [0.05, 0.1) is 19.6 Å². The SMILES string of the molecule is O=C(Cc1ccc(F)cc1)NCc1cccnc1N1CCOCC1. The van der Waals surface area contributed by atoms with Gasteiger partial charge in [0, 0.05) is 31.4 Å². The van der Waals surface area contributed by atoms with Crippen molar-refractivity contribution in [3.05, 3.63) is 59.5 Å². The Morgan fingerprint density at radius 3 is 2.71 bits per heavy atom. The molecule has 1 aliphatic rings. The quantitative estimate of drug-likeness (QED) is 0.910. The van der Waals surface area contributed by atoms with Gasteiger partial charge >= 0.3 is 0 Å². The molecule has 1 N–H and O–H groups in total. The minimum atomic E-state index is -0.301. The number of hydrogen-bond donors (Lipinski definition) is 1. The summed E-state index contributed by atoms with van der Waals surface area (Å²) in [7, 11) is 0. The molecular weight excluding hydrogens is 309 g/mol. The molecule has 0 aliphatic carbocycles. The van der Waals surface area contributed by atoms with Crippen molar-refractivity contribution in [2.24, 2.45) is 0 Å². The molecule has 3 rings (SSSR count). The van der Waals surface area contributed by atoms with Gasteiger partial charge in [0.2, 0.25) is 5.91 Å². The fraction of sp³-hybridized carbons (Fsp3) is 0.333. The van der Waals surface area contributed by atoms with Crippen LogP contribution in [0.15, 0.2) is 42.6 Å². The standard InChI is InChI=1S/C18H20FN3O2/c19-16-5-3-14(4-6-16)12-17(23)21-13-15-2-1-7-20-18(15)22-8-10-24-11-9-22/h1-7H,8-13H2,(H,21,23). The summed E-state index contributed by atoms with van der Waals surface area (Å²) in [5.74, 6) is 0.492. The third-order valence-corrected chi connectivity index (χ3v) is 3.93. The van der Waals surface area contributed by atoms with Crippen molar-refractivity contribution in [1.82, 2.24) is 10.3 Å². The van der Waals surface area contributed by atoms with Gasteiger partial charge in [-0.25, -0.2) is 9.37 Å². The van der Waals surface area contributed by atoms with E-state index >= 15 is 0 Å². The van der Waals surface area contributed by atoms with Crippen LogP contribution < -0.4 is 10.2 Å². The zero-order chi connectivity index (χ0) is 16.8. The molecule has 1 aliphatic heterocycles. The molecule has 1 aromatic heterocycles. The highest BCUT2D eigenvalue weighted by Gasteiger charge is 2.16. The van der Waals surface area contributed by atoms with Crippen LogP contribution in [0.5, 0.6) is 0 Å². The molecule has 0 radical (unpaired) electrons. The second-order valence-electron chi connectivity index (χ2n) is 5.67. The Labute approximate surface area is 140 Å². The number of morpholine rings is 1. The highest BCUT2D eigenvalue weighted by molar-refractivity contribution is 5.78. The lowest BCUT2D eigenvalue weighted by atomic mass is 10.1. The number of nitrogens with one attached hydrogen (secondary N) is 1. The van der Waals surface area contributed by atoms with Crippen LogP contribution in [0.25, 0.3) is 0 Å². The molecule has 5 nitrogen and oxygen atoms in total. The molecule has 126 valence electrons. The van der Waals surface area contributed by atoms with Gasteiger partial charge in [-0.05, 0) is 23.8 Å². The van der Waals surface area contributed by atoms with Crippen molar-refractivity contribution in [3.8, 4) is 0 Å². The zero-order valence-corrected chi connectivity index (χ0v) is 13.4. The predicted octanol–water partition coefficient (Wildman–Crippen LogP) is 1.92. The first-order chi connectivity index (χ1) is 11.7. The Balaban J connectivity index is 1.59. The lowest BCUT2D eigenvalue weighted by Gasteiger charge is -2.29. The van der Waals surface area contributed by atoms with E-state index < -0.39 is 0 Å². The topological polar surface area (TPSA) is 54.5 Å². The fourth-order valence-corrected chi connectivity index (χ4v) is 2.67. The summed E-state index contributed by atoms with van der Waals surface area (Å²) in [5, 5.41) is 2.91. The Kier molecular flexibility index (Phi) is 5.38. The molecule has 0 bridgehead atoms. The van der Waals surface area contributed by atoms with Gasteiger partial charge in [0.15, 0.2) is 0 Å². The molecule has 1 fully saturated rings. The average molecular weight is 329 g/mol. The van der Waals surface area contributed by atoms with Crippen LogP contribution >= 0.6 is 0 Å². The Hall–Kier alpha value is -2.47. The summed E-state index contributed by atoms with van der Waals surface area (Å²) in [6.07, 6.45) is 1.99. The fourth-order valence-electron chi connectivity index (χ4n) is 2.67. The normalized spacial score (nSPS) is 14.5. The van der Waals surface area contributed by atoms with Crippen LogP contribution in [-0.4, -0.2) is 37.2 Å². The van der Waals surface area contributed by atoms with Crippen LogP contribution in [0, 0.1) is 5.82 Å². The van der Waals surface area contributed by atoms with E-state index in [1.807, 2.05) is 12.1 Å². The van der Waals surface area contributed by atoms with Gasteiger partial charge in [0.1, 0.15) is 11.6 Å². The molecule has 6 heteroatoms. The number of carbonyl (C=O) groups excluding carboxylic acids is 1. The first-order valence-corrected chi connectivity index (χ1v) is 8.00. The maximum absolute atomic E-state index is 12.9. The number of carbonyl (C=O) groups is 1. The van der Waals surface area contributed by atoms with E-state index in [0.29, 0.717) is 19.8 Å². The summed E-state index contributed by atoms with van der Waals surface area (Å²) in [5.41, 5.74) is 1.76. The van der Waals surface area contributed by atoms with Gasteiger partial charge < -0.3 is 15.0 Å². The van der Waals surface area contributed by atoms with Gasteiger partial charge in [-0.15, -0.1) is 0 Å². The monoisotopic (exact) mass is 329 g/mol. The smallest absolute Gasteiger partial charge is 0.224 e. The molecule has 1 saturated heterocycles. The van der Waals surface area contributed by atoms with Gasteiger partial charge in [0.25, 0.3) is 0 Å². The number of hydrogen-bond acceptors (Lipinski definition) is 4. The number of anilines is 1. The van der Waals surface area contributed by atoms with E-state index in [-0.39, 0.29) is 18.1 Å². The van der Waals surface area contributed by atoms with Gasteiger partial charge in [-0.1, -0.05) is 18.2 Å². The van der Waals surface area contributed by atoms with Gasteiger partial charge in [-0.2, -0.15) is 0 Å². The Bertz CT molecular complexity index is 685. The molecular formula is C18H20FN3O2. The minimum Gasteiger partial charge on any atom is -0.378 e. The molecule has 0 unspecified atom stereocenters. The van der Waals surface area contributed by atoms with E-state index in [2.05, 4.69) is 15.2 Å². The molecule has 0 saturated carbocycles. The number of nitrogens with zero attached hydrogens (tertiary/aromatic N) is 2. The second-order valence-corrected chi connectivity index (χ2v) is 5.67. The lowest BCUT2D eigenvalue weighted by molar-refractivity contribution is -0.120. The Morgan fingerprint density at radius 1 is 1.21 bits per heavy atom. The maximum atomic E-state index is 12.9. The first-order valence-electron chi connectivity index (χ1n) is 8.00. The van der Waals surface area contributed by atoms with Crippen LogP contribution in [0.1, 0.15) is 11.1 Å². The van der Waals surface area contributed by atoms with Gasteiger partial charge in [-0.3, -0.25) is 4.79 Å². The van der Waals surface area contributed by atoms with Crippen molar-refractivity contribution < 1.29 is 13.9 Å². The molecule has 2 aromatic rings. The number of ether oxygens (including phenoxy) is 1. The second kappa shape index (κ2) is 7.88. The maximum Gasteiger partial charge on any atom is 0.224 e. The predicted molar refractivity (Wildman–Crippen MR) is 89.2 cm³/mol. The lowest BCUT2D eigenvalue weighted by Crippen LogP contribution is -2.38. The van der Waals surface area contributed by atoms with Crippen molar-refractivity contribution in [1.29, 1.82) is 0 Å². The summed E-state index contributed by atoms with van der Waals surface area (Å²) < 4.78 is 18.3. The van der Waals surface area contributed by atoms with Crippen molar-refractivity contribution in [2.75, 3.05) is 31.2 Å². The van der Waals surface area contributed by atoms with E-state index in [9.17, 15) is 9.18 Å². The molecule has 1 aromatic carbocycles. The summed E-state index contributed by atoms with van der Waals surface area (Å²) in [6.45, 7) is 3.39. The van der Waals surface area contributed by atoms with Crippen LogP contribution in [-0.2, 0) is 22.5 Å². The highest BCUT2D eigenvalue weighted by atomic mass is 19.1. The molecule has 24 heavy (non-hydrogen) atoms. The van der Waals surface area contributed by atoms with E-state index in [1.165, 1.54) is 12.1 Å². The summed E-state index contributed by atoms with van der Waals surface area (Å²) >= 11 is 0. The largest absolute Gasteiger partial charge is 0.378 e. The van der Waals surface area contributed by atoms with E-state index in [0.717, 1.165) is 30.0 Å². The van der Waals surface area contributed by atoms with Crippen molar-refractivity contribution >= 4 is 11.7 Å². The van der Waals surface area contributed by atoms with E-state index in [1.54, 1.807) is 18.3 Å². The number of rotatable bonds is 5. The van der Waals surface area contributed by atoms with Crippen molar-refractivity contribution in [3.63, 3.8) is 0 Å². The summed E-state index contributed by atoms with van der Waals surface area (Å²) in [6, 6.07) is 9.80. The number of halogens is 1. The zero-order valence-electron chi connectivity index (χ0n) is 13.4. The Morgan fingerprint density at radius 2 is 1.96 bits per heavy atom. The molecule has 1 amide bonds. The van der Waals surface area contributed by atoms with Crippen molar-refractivity contribution in [2.45, 2.75) is 13.0 Å². The first kappa shape index (κ1) is 16.4. The van der Waals surface area contributed by atoms with Crippen LogP contribution in [0.3, 0.4) is 0 Å². The molecule has 0 spiro atoms. The molecule has 2 heterocycles. The minimum absolute atomic E-state index is 0.0987. The average Bonchev–Trinajstić information content (AvgIpc) is 2.63. The van der Waals surface area contributed by atoms with E-state index in [4.69, 9.17) is 4.74 Å². The third kappa shape index (κ3) is 4.29. The number of pyridine rings is 1. The number of amides is 1. The highest BCUT2D eigenvalue weighted by Crippen LogP contribution is 2.18. The third-order valence-electron chi connectivity index (χ3n) is 3.93. The van der Waals surface area contributed by atoms with Crippen LogP contribution in [0.2, 0.25) is 0 Å². The molecule has 0 atom stereocenters.